The Labute approximate surface area is 79.8 Å². The molecule has 1 fully saturated rings. The predicted octanol–water partition coefficient (Wildman–Crippen LogP) is 0.936. The molecule has 0 bridgehead atoms. The van der Waals surface area contributed by atoms with Gasteiger partial charge in [-0.3, -0.25) is 4.79 Å². The fraction of sp³-hybridized carbons (Fsp3) is 0.875. The molecule has 0 aromatic heterocycles. The summed E-state index contributed by atoms with van der Waals surface area (Å²) in [4.78, 5) is 10.7. The summed E-state index contributed by atoms with van der Waals surface area (Å²) in [6.45, 7) is 0.0643. The Hall–Kier alpha value is -0.780. The second-order valence-electron chi connectivity index (χ2n) is 3.64. The summed E-state index contributed by atoms with van der Waals surface area (Å²) < 4.78 is 35.9. The summed E-state index contributed by atoms with van der Waals surface area (Å²) in [7, 11) is 0. The molecule has 1 rings (SSSR count). The summed E-state index contributed by atoms with van der Waals surface area (Å²) >= 11 is 0. The Morgan fingerprint density at radius 1 is 1.36 bits per heavy atom. The van der Waals surface area contributed by atoms with Crippen molar-refractivity contribution in [2.45, 2.75) is 37.4 Å². The molecule has 0 atom stereocenters. The van der Waals surface area contributed by atoms with E-state index in [0.29, 0.717) is 12.8 Å². The number of carbonyl (C=O) groups excluding carboxylic acids is 1. The van der Waals surface area contributed by atoms with Crippen LogP contribution in [0, 0.1) is 0 Å². The van der Waals surface area contributed by atoms with Gasteiger partial charge in [0.2, 0.25) is 0 Å². The fourth-order valence-corrected chi connectivity index (χ4v) is 1.74. The van der Waals surface area contributed by atoms with Crippen LogP contribution < -0.4 is 11.1 Å². The smallest absolute Gasteiger partial charge is 0.342 e. The fourth-order valence-electron chi connectivity index (χ4n) is 1.74. The van der Waals surface area contributed by atoms with Crippen LogP contribution in [-0.4, -0.2) is 24.2 Å². The summed E-state index contributed by atoms with van der Waals surface area (Å²) in [5.74, 6) is -1.88. The van der Waals surface area contributed by atoms with E-state index in [-0.39, 0.29) is 6.54 Å². The van der Waals surface area contributed by atoms with Crippen LogP contribution in [0.1, 0.15) is 25.7 Å². The molecule has 1 aliphatic carbocycles. The Morgan fingerprint density at radius 2 is 1.86 bits per heavy atom. The summed E-state index contributed by atoms with van der Waals surface area (Å²) in [6, 6.07) is 0. The average molecular weight is 210 g/mol. The lowest BCUT2D eigenvalue weighted by molar-refractivity contribution is -0.175. The highest BCUT2D eigenvalue weighted by molar-refractivity contribution is 5.82. The minimum absolute atomic E-state index is 0.0643. The molecule has 0 saturated heterocycles. The molecule has 0 radical (unpaired) electrons. The van der Waals surface area contributed by atoms with Crippen molar-refractivity contribution in [3.63, 3.8) is 0 Å². The van der Waals surface area contributed by atoms with Crippen molar-refractivity contribution >= 4 is 5.91 Å². The van der Waals surface area contributed by atoms with Crippen molar-refractivity contribution in [1.29, 1.82) is 0 Å². The number of halogens is 3. The number of rotatable bonds is 2. The lowest BCUT2D eigenvalue weighted by Gasteiger charge is -2.28. The van der Waals surface area contributed by atoms with Gasteiger partial charge in [0.25, 0.3) is 0 Å². The third-order valence-corrected chi connectivity index (χ3v) is 2.59. The van der Waals surface area contributed by atoms with E-state index in [4.69, 9.17) is 5.73 Å². The van der Waals surface area contributed by atoms with Gasteiger partial charge in [-0.15, -0.1) is 0 Å². The van der Waals surface area contributed by atoms with Crippen LogP contribution in [0.2, 0.25) is 0 Å². The first-order valence-electron chi connectivity index (χ1n) is 4.49. The largest absolute Gasteiger partial charge is 0.471 e. The van der Waals surface area contributed by atoms with Gasteiger partial charge < -0.3 is 11.1 Å². The molecule has 82 valence electrons. The second kappa shape index (κ2) is 3.76. The van der Waals surface area contributed by atoms with Gasteiger partial charge in [-0.05, 0) is 12.8 Å². The second-order valence-corrected chi connectivity index (χ2v) is 3.64. The van der Waals surface area contributed by atoms with Crippen LogP contribution in [0.25, 0.3) is 0 Å². The van der Waals surface area contributed by atoms with E-state index in [2.05, 4.69) is 0 Å². The van der Waals surface area contributed by atoms with Crippen molar-refractivity contribution in [2.75, 3.05) is 6.54 Å². The summed E-state index contributed by atoms with van der Waals surface area (Å²) in [6.07, 6.45) is -2.12. The van der Waals surface area contributed by atoms with Crippen LogP contribution in [0.5, 0.6) is 0 Å². The number of alkyl halides is 3. The molecule has 1 amide bonds. The molecule has 0 aliphatic heterocycles. The Kier molecular flexibility index (Phi) is 3.04. The zero-order valence-electron chi connectivity index (χ0n) is 7.66. The van der Waals surface area contributed by atoms with Crippen LogP contribution in [0.15, 0.2) is 0 Å². The van der Waals surface area contributed by atoms with E-state index >= 15 is 0 Å². The topological polar surface area (TPSA) is 55.1 Å². The highest BCUT2D eigenvalue weighted by atomic mass is 19.4. The van der Waals surface area contributed by atoms with Crippen molar-refractivity contribution < 1.29 is 18.0 Å². The molecule has 0 aromatic carbocycles. The number of carbonyl (C=O) groups is 1. The van der Waals surface area contributed by atoms with Crippen LogP contribution in [0.4, 0.5) is 13.2 Å². The van der Waals surface area contributed by atoms with Gasteiger partial charge in [-0.25, -0.2) is 0 Å². The van der Waals surface area contributed by atoms with Crippen molar-refractivity contribution in [3.8, 4) is 0 Å². The Balaban J connectivity index is 2.61. The van der Waals surface area contributed by atoms with Gasteiger partial charge in [0.05, 0.1) is 5.54 Å². The molecule has 0 spiro atoms. The van der Waals surface area contributed by atoms with Gasteiger partial charge in [0.1, 0.15) is 0 Å². The first-order valence-corrected chi connectivity index (χ1v) is 4.49. The first-order chi connectivity index (χ1) is 6.40. The maximum absolute atomic E-state index is 12.0. The van der Waals surface area contributed by atoms with Crippen molar-refractivity contribution in [2.24, 2.45) is 5.73 Å². The van der Waals surface area contributed by atoms with Gasteiger partial charge in [-0.2, -0.15) is 13.2 Å². The van der Waals surface area contributed by atoms with Crippen LogP contribution >= 0.6 is 0 Å². The lowest BCUT2D eigenvalue weighted by Crippen LogP contribution is -2.55. The van der Waals surface area contributed by atoms with Gasteiger partial charge >= 0.3 is 12.1 Å². The maximum Gasteiger partial charge on any atom is 0.471 e. The predicted molar refractivity (Wildman–Crippen MR) is 44.5 cm³/mol. The van der Waals surface area contributed by atoms with E-state index in [9.17, 15) is 18.0 Å². The lowest BCUT2D eigenvalue weighted by atomic mass is 9.98. The number of hydrogen-bond acceptors (Lipinski definition) is 2. The highest BCUT2D eigenvalue weighted by Gasteiger charge is 2.44. The number of nitrogens with two attached hydrogens (primary N) is 1. The number of amides is 1. The Morgan fingerprint density at radius 3 is 2.21 bits per heavy atom. The zero-order chi connectivity index (χ0) is 10.8. The highest BCUT2D eigenvalue weighted by Crippen LogP contribution is 2.29. The molecular weight excluding hydrogens is 197 g/mol. The van der Waals surface area contributed by atoms with Crippen LogP contribution in [-0.2, 0) is 4.79 Å². The minimum atomic E-state index is -4.81. The van der Waals surface area contributed by atoms with Crippen molar-refractivity contribution in [1.82, 2.24) is 5.32 Å². The molecule has 6 heteroatoms. The molecule has 0 unspecified atom stereocenters. The summed E-state index contributed by atoms with van der Waals surface area (Å²) in [5, 5.41) is 1.99. The van der Waals surface area contributed by atoms with E-state index in [0.717, 1.165) is 12.8 Å². The monoisotopic (exact) mass is 210 g/mol. The van der Waals surface area contributed by atoms with Gasteiger partial charge in [-0.1, -0.05) is 12.8 Å². The van der Waals surface area contributed by atoms with E-state index in [1.54, 1.807) is 0 Å². The molecule has 3 N–H and O–H groups in total. The van der Waals surface area contributed by atoms with Crippen LogP contribution in [0.3, 0.4) is 0 Å². The molecule has 1 aliphatic rings. The van der Waals surface area contributed by atoms with Gasteiger partial charge in [0.15, 0.2) is 0 Å². The quantitative estimate of drug-likeness (QED) is 0.712. The average Bonchev–Trinajstić information content (AvgIpc) is 2.52. The third-order valence-electron chi connectivity index (χ3n) is 2.59. The molecule has 1 saturated carbocycles. The van der Waals surface area contributed by atoms with Gasteiger partial charge in [0, 0.05) is 6.54 Å². The molecule has 0 heterocycles. The minimum Gasteiger partial charge on any atom is -0.342 e. The Bertz CT molecular complexity index is 221. The number of nitrogens with one attached hydrogen (secondary N) is 1. The number of hydrogen-bond donors (Lipinski definition) is 2. The summed E-state index contributed by atoms with van der Waals surface area (Å²) in [5.41, 5.74) is 4.55. The molecule has 0 aromatic rings. The standard InChI is InChI=1S/C8H13F3N2O/c9-8(10,11)6(14)13-7(5-12)3-1-2-4-7/h1-5,12H2,(H,13,14). The van der Waals surface area contributed by atoms with E-state index in [1.807, 2.05) is 5.32 Å². The van der Waals surface area contributed by atoms with E-state index < -0.39 is 17.6 Å². The third kappa shape index (κ3) is 2.37. The first kappa shape index (κ1) is 11.3. The normalized spacial score (nSPS) is 20.9. The zero-order valence-corrected chi connectivity index (χ0v) is 7.66. The van der Waals surface area contributed by atoms with E-state index in [1.165, 1.54) is 0 Å². The molecule has 14 heavy (non-hydrogen) atoms. The molecular formula is C8H13F3N2O. The molecule has 3 nitrogen and oxygen atoms in total. The maximum atomic E-state index is 12.0. The SMILES string of the molecule is NCC1(NC(=O)C(F)(F)F)CCCC1. The van der Waals surface area contributed by atoms with Crippen molar-refractivity contribution in [3.05, 3.63) is 0 Å².